The monoisotopic (exact) mass is 341 g/mol. The molecule has 1 aliphatic heterocycles. The van der Waals surface area contributed by atoms with E-state index < -0.39 is 0 Å². The highest BCUT2D eigenvalue weighted by Gasteiger charge is 2.20. The summed E-state index contributed by atoms with van der Waals surface area (Å²) >= 11 is 0. The van der Waals surface area contributed by atoms with Crippen LogP contribution in [0.4, 0.5) is 0 Å². The maximum atomic E-state index is 12.2. The Hall–Kier alpha value is -2.60. The molecule has 1 saturated heterocycles. The molecule has 1 unspecified atom stereocenters. The Labute approximate surface area is 147 Å². The smallest absolute Gasteiger partial charge is 0.224 e. The van der Waals surface area contributed by atoms with Crippen molar-refractivity contribution in [3.63, 3.8) is 0 Å². The van der Waals surface area contributed by atoms with Gasteiger partial charge in [0.15, 0.2) is 0 Å². The first kappa shape index (κ1) is 17.2. The van der Waals surface area contributed by atoms with E-state index in [2.05, 4.69) is 15.6 Å². The van der Waals surface area contributed by atoms with E-state index in [1.54, 1.807) is 13.3 Å². The first-order chi connectivity index (χ1) is 12.2. The van der Waals surface area contributed by atoms with Gasteiger partial charge in [-0.3, -0.25) is 4.79 Å². The molecule has 3 rings (SSSR count). The lowest BCUT2D eigenvalue weighted by Crippen LogP contribution is -2.40. The fourth-order valence-electron chi connectivity index (χ4n) is 2.79. The molecule has 1 atom stereocenters. The minimum atomic E-state index is 0.0607. The molecule has 6 nitrogen and oxygen atoms in total. The third kappa shape index (κ3) is 4.93. The molecule has 2 N–H and O–H groups in total. The third-order valence-electron chi connectivity index (χ3n) is 4.22. The van der Waals surface area contributed by atoms with Gasteiger partial charge in [-0.25, -0.2) is 4.98 Å². The first-order valence-corrected chi connectivity index (χ1v) is 8.50. The van der Waals surface area contributed by atoms with Gasteiger partial charge in [0.2, 0.25) is 11.8 Å². The molecule has 132 valence electrons. The summed E-state index contributed by atoms with van der Waals surface area (Å²) < 4.78 is 10.9. The molecule has 2 heterocycles. The average molecular weight is 341 g/mol. The molecule has 2 aromatic rings. The lowest BCUT2D eigenvalue weighted by atomic mass is 9.99. The van der Waals surface area contributed by atoms with Crippen LogP contribution in [0.15, 0.2) is 42.6 Å². The van der Waals surface area contributed by atoms with Crippen molar-refractivity contribution in [1.29, 1.82) is 0 Å². The summed E-state index contributed by atoms with van der Waals surface area (Å²) in [7, 11) is 1.62. The number of pyridine rings is 1. The van der Waals surface area contributed by atoms with Gasteiger partial charge in [-0.05, 0) is 55.3 Å². The Morgan fingerprint density at radius 3 is 2.80 bits per heavy atom. The summed E-state index contributed by atoms with van der Waals surface area (Å²) in [6.07, 6.45) is 3.68. The third-order valence-corrected chi connectivity index (χ3v) is 4.22. The number of carbonyl (C=O) groups is 1. The van der Waals surface area contributed by atoms with Gasteiger partial charge in [0.25, 0.3) is 0 Å². The van der Waals surface area contributed by atoms with Crippen molar-refractivity contribution in [2.75, 3.05) is 20.2 Å². The van der Waals surface area contributed by atoms with E-state index in [1.165, 1.54) is 0 Å². The number of rotatable bonds is 6. The number of piperidine rings is 1. The van der Waals surface area contributed by atoms with E-state index in [0.717, 1.165) is 37.2 Å². The van der Waals surface area contributed by atoms with Gasteiger partial charge in [0.05, 0.1) is 13.0 Å². The summed E-state index contributed by atoms with van der Waals surface area (Å²) in [5.41, 5.74) is 0.954. The molecule has 0 radical (unpaired) electrons. The number of amides is 1. The number of aromatic nitrogens is 1. The standard InChI is InChI=1S/C19H23N3O3/c1-24-16-4-6-17(7-5-16)25-18-11-14(8-10-21-18)12-22-19(23)15-3-2-9-20-13-15/h4-8,10-11,15,20H,2-3,9,12-13H2,1H3,(H,22,23). The van der Waals surface area contributed by atoms with Crippen LogP contribution in [-0.4, -0.2) is 31.1 Å². The topological polar surface area (TPSA) is 72.5 Å². The van der Waals surface area contributed by atoms with Gasteiger partial charge >= 0.3 is 0 Å². The highest BCUT2D eigenvalue weighted by Crippen LogP contribution is 2.22. The Bertz CT molecular complexity index is 697. The zero-order chi connectivity index (χ0) is 17.5. The highest BCUT2D eigenvalue weighted by molar-refractivity contribution is 5.78. The van der Waals surface area contributed by atoms with Gasteiger partial charge in [0.1, 0.15) is 11.5 Å². The summed E-state index contributed by atoms with van der Waals surface area (Å²) in [5.74, 6) is 2.11. The van der Waals surface area contributed by atoms with E-state index in [-0.39, 0.29) is 11.8 Å². The van der Waals surface area contributed by atoms with Gasteiger partial charge < -0.3 is 20.1 Å². The molecular weight excluding hydrogens is 318 g/mol. The fourth-order valence-corrected chi connectivity index (χ4v) is 2.79. The zero-order valence-corrected chi connectivity index (χ0v) is 14.3. The molecule has 0 saturated carbocycles. The SMILES string of the molecule is COc1ccc(Oc2cc(CNC(=O)C3CCCNC3)ccn2)cc1. The molecule has 25 heavy (non-hydrogen) atoms. The Morgan fingerprint density at radius 2 is 2.08 bits per heavy atom. The minimum absolute atomic E-state index is 0.0607. The normalized spacial score (nSPS) is 16.9. The second-order valence-electron chi connectivity index (χ2n) is 6.04. The van der Waals surface area contributed by atoms with Crippen molar-refractivity contribution in [3.05, 3.63) is 48.2 Å². The minimum Gasteiger partial charge on any atom is -0.497 e. The van der Waals surface area contributed by atoms with Crippen LogP contribution >= 0.6 is 0 Å². The highest BCUT2D eigenvalue weighted by atomic mass is 16.5. The molecular formula is C19H23N3O3. The number of carbonyl (C=O) groups excluding carboxylic acids is 1. The number of nitrogens with one attached hydrogen (secondary N) is 2. The summed E-state index contributed by atoms with van der Waals surface area (Å²) in [6, 6.07) is 11.0. The molecule has 6 heteroatoms. The van der Waals surface area contributed by atoms with Crippen LogP contribution in [0, 0.1) is 5.92 Å². The van der Waals surface area contributed by atoms with Gasteiger partial charge in [0, 0.05) is 25.4 Å². The average Bonchev–Trinajstić information content (AvgIpc) is 2.68. The lowest BCUT2D eigenvalue weighted by molar-refractivity contribution is -0.125. The predicted octanol–water partition coefficient (Wildman–Crippen LogP) is 2.50. The molecule has 0 aliphatic carbocycles. The van der Waals surface area contributed by atoms with Crippen molar-refractivity contribution in [2.45, 2.75) is 19.4 Å². The van der Waals surface area contributed by atoms with E-state index in [4.69, 9.17) is 9.47 Å². The molecule has 1 fully saturated rings. The molecule has 1 amide bonds. The van der Waals surface area contributed by atoms with Crippen molar-refractivity contribution in [2.24, 2.45) is 5.92 Å². The number of hydrogen-bond acceptors (Lipinski definition) is 5. The molecule has 0 bridgehead atoms. The van der Waals surface area contributed by atoms with E-state index in [9.17, 15) is 4.79 Å². The van der Waals surface area contributed by atoms with Crippen LogP contribution < -0.4 is 20.1 Å². The maximum Gasteiger partial charge on any atom is 0.224 e. The second kappa shape index (κ2) is 8.48. The van der Waals surface area contributed by atoms with Crippen LogP contribution in [0.3, 0.4) is 0 Å². The number of methoxy groups -OCH3 is 1. The first-order valence-electron chi connectivity index (χ1n) is 8.50. The van der Waals surface area contributed by atoms with E-state index in [1.807, 2.05) is 36.4 Å². The van der Waals surface area contributed by atoms with E-state index in [0.29, 0.717) is 18.2 Å². The summed E-state index contributed by atoms with van der Waals surface area (Å²) in [6.45, 7) is 2.23. The Kier molecular flexibility index (Phi) is 5.85. The van der Waals surface area contributed by atoms with Crippen molar-refractivity contribution >= 4 is 5.91 Å². The van der Waals surface area contributed by atoms with Gasteiger partial charge in [-0.2, -0.15) is 0 Å². The predicted molar refractivity (Wildman–Crippen MR) is 94.7 cm³/mol. The lowest BCUT2D eigenvalue weighted by Gasteiger charge is -2.21. The van der Waals surface area contributed by atoms with Crippen molar-refractivity contribution < 1.29 is 14.3 Å². The molecule has 1 aliphatic rings. The number of benzene rings is 1. The van der Waals surface area contributed by atoms with Crippen LogP contribution in [-0.2, 0) is 11.3 Å². The van der Waals surface area contributed by atoms with Crippen molar-refractivity contribution in [3.8, 4) is 17.4 Å². The van der Waals surface area contributed by atoms with Crippen molar-refractivity contribution in [1.82, 2.24) is 15.6 Å². The van der Waals surface area contributed by atoms with Gasteiger partial charge in [-0.15, -0.1) is 0 Å². The molecule has 0 spiro atoms. The van der Waals surface area contributed by atoms with Crippen LogP contribution in [0.1, 0.15) is 18.4 Å². The Morgan fingerprint density at radius 1 is 1.28 bits per heavy atom. The number of hydrogen-bond donors (Lipinski definition) is 2. The summed E-state index contributed by atoms with van der Waals surface area (Å²) in [5, 5.41) is 6.25. The molecule has 1 aromatic heterocycles. The summed E-state index contributed by atoms with van der Waals surface area (Å²) in [4.78, 5) is 16.4. The number of nitrogens with zero attached hydrogens (tertiary/aromatic N) is 1. The largest absolute Gasteiger partial charge is 0.497 e. The van der Waals surface area contributed by atoms with Crippen LogP contribution in [0.25, 0.3) is 0 Å². The quantitative estimate of drug-likeness (QED) is 0.845. The molecule has 1 aromatic carbocycles. The van der Waals surface area contributed by atoms with Crippen LogP contribution in [0.2, 0.25) is 0 Å². The fraction of sp³-hybridized carbons (Fsp3) is 0.368. The number of ether oxygens (including phenoxy) is 2. The van der Waals surface area contributed by atoms with Crippen LogP contribution in [0.5, 0.6) is 17.4 Å². The van der Waals surface area contributed by atoms with E-state index >= 15 is 0 Å². The zero-order valence-electron chi connectivity index (χ0n) is 14.3. The Balaban J connectivity index is 1.56. The second-order valence-corrected chi connectivity index (χ2v) is 6.04. The maximum absolute atomic E-state index is 12.2. The van der Waals surface area contributed by atoms with Gasteiger partial charge in [-0.1, -0.05) is 0 Å².